The molecule has 110 valence electrons. The molecule has 0 aliphatic carbocycles. The first kappa shape index (κ1) is 14.5. The Labute approximate surface area is 134 Å². The minimum Gasteiger partial charge on any atom is -0.354 e. The van der Waals surface area contributed by atoms with Crippen molar-refractivity contribution < 1.29 is 4.79 Å². The van der Waals surface area contributed by atoms with E-state index in [0.717, 1.165) is 16.9 Å². The van der Waals surface area contributed by atoms with Crippen molar-refractivity contribution in [3.8, 4) is 11.1 Å². The Bertz CT molecular complexity index is 830. The second-order valence-electron chi connectivity index (χ2n) is 5.32. The summed E-state index contributed by atoms with van der Waals surface area (Å²) in [6.07, 6.45) is 0.735. The number of carbonyl (C=O) groups is 1. The van der Waals surface area contributed by atoms with Crippen LogP contribution in [0.1, 0.15) is 17.4 Å². The molecule has 0 bridgehead atoms. The summed E-state index contributed by atoms with van der Waals surface area (Å²) < 4.78 is 1.24. The van der Waals surface area contributed by atoms with Gasteiger partial charge in [0.1, 0.15) is 0 Å². The quantitative estimate of drug-likeness (QED) is 0.671. The average molecular weight is 307 g/mol. The van der Waals surface area contributed by atoms with Crippen LogP contribution in [0.3, 0.4) is 0 Å². The van der Waals surface area contributed by atoms with Crippen LogP contribution in [0, 0.1) is 0 Å². The minimum absolute atomic E-state index is 0.589. The Hall–Kier alpha value is -2.39. The fraction of sp³-hybridized carbons (Fsp3) is 0.105. The van der Waals surface area contributed by atoms with E-state index in [-0.39, 0.29) is 0 Å². The SMILES string of the molecule is C=C(C)c1ccc(-c2ccc3sc(CNC=O)cc3c2)cc1. The molecule has 3 heteroatoms. The molecule has 0 saturated heterocycles. The number of rotatable bonds is 5. The summed E-state index contributed by atoms with van der Waals surface area (Å²) in [5.41, 5.74) is 4.65. The van der Waals surface area contributed by atoms with Crippen molar-refractivity contribution in [2.75, 3.05) is 0 Å². The topological polar surface area (TPSA) is 29.1 Å². The van der Waals surface area contributed by atoms with Gasteiger partial charge >= 0.3 is 0 Å². The molecule has 0 radical (unpaired) electrons. The molecule has 0 saturated carbocycles. The third-order valence-corrected chi connectivity index (χ3v) is 4.75. The van der Waals surface area contributed by atoms with E-state index in [4.69, 9.17) is 0 Å². The number of allylic oxidation sites excluding steroid dienone is 1. The van der Waals surface area contributed by atoms with E-state index < -0.39 is 0 Å². The predicted molar refractivity (Wildman–Crippen MR) is 94.9 cm³/mol. The van der Waals surface area contributed by atoms with Gasteiger partial charge in [0.2, 0.25) is 6.41 Å². The zero-order valence-electron chi connectivity index (χ0n) is 12.4. The molecule has 1 heterocycles. The first-order valence-corrected chi connectivity index (χ1v) is 7.95. The lowest BCUT2D eigenvalue weighted by molar-refractivity contribution is -0.109. The highest BCUT2D eigenvalue weighted by atomic mass is 32.1. The van der Waals surface area contributed by atoms with Gasteiger partial charge in [-0.2, -0.15) is 0 Å². The molecular formula is C19H17NOS. The number of hydrogen-bond acceptors (Lipinski definition) is 2. The van der Waals surface area contributed by atoms with Gasteiger partial charge < -0.3 is 5.32 Å². The van der Waals surface area contributed by atoms with Gasteiger partial charge in [0.25, 0.3) is 0 Å². The molecule has 22 heavy (non-hydrogen) atoms. The van der Waals surface area contributed by atoms with Gasteiger partial charge in [-0.1, -0.05) is 42.5 Å². The second kappa shape index (κ2) is 6.16. The lowest BCUT2D eigenvalue weighted by Crippen LogP contribution is -2.07. The maximum atomic E-state index is 10.4. The van der Waals surface area contributed by atoms with Crippen molar-refractivity contribution >= 4 is 33.4 Å². The Balaban J connectivity index is 1.93. The van der Waals surface area contributed by atoms with Crippen LogP contribution in [-0.4, -0.2) is 6.41 Å². The number of thiophene rings is 1. The highest BCUT2D eigenvalue weighted by molar-refractivity contribution is 7.19. The maximum Gasteiger partial charge on any atom is 0.207 e. The predicted octanol–water partition coefficient (Wildman–Crippen LogP) is 4.85. The van der Waals surface area contributed by atoms with Crippen LogP contribution in [0.2, 0.25) is 0 Å². The molecule has 0 fully saturated rings. The van der Waals surface area contributed by atoms with Gasteiger partial charge in [0.05, 0.1) is 6.54 Å². The van der Waals surface area contributed by atoms with E-state index in [1.165, 1.54) is 26.8 Å². The molecule has 2 nitrogen and oxygen atoms in total. The normalized spacial score (nSPS) is 10.6. The van der Waals surface area contributed by atoms with Gasteiger partial charge in [-0.25, -0.2) is 0 Å². The highest BCUT2D eigenvalue weighted by Gasteiger charge is 2.04. The van der Waals surface area contributed by atoms with Crippen LogP contribution in [0.25, 0.3) is 26.8 Å². The van der Waals surface area contributed by atoms with Crippen LogP contribution >= 0.6 is 11.3 Å². The van der Waals surface area contributed by atoms with E-state index >= 15 is 0 Å². The number of hydrogen-bond donors (Lipinski definition) is 1. The standard InChI is InChI=1S/C19H17NOS/c1-13(2)14-3-5-15(6-4-14)16-7-8-19-17(9-16)10-18(22-19)11-20-12-21/h3-10,12H,1,11H2,2H3,(H,20,21). The Morgan fingerprint density at radius 1 is 1.14 bits per heavy atom. The van der Waals surface area contributed by atoms with Crippen molar-refractivity contribution in [3.63, 3.8) is 0 Å². The van der Waals surface area contributed by atoms with Crippen LogP contribution in [0.5, 0.6) is 0 Å². The molecule has 3 aromatic rings. The summed E-state index contributed by atoms with van der Waals surface area (Å²) >= 11 is 1.71. The largest absolute Gasteiger partial charge is 0.354 e. The summed E-state index contributed by atoms with van der Waals surface area (Å²) in [7, 11) is 0. The Morgan fingerprint density at radius 3 is 2.55 bits per heavy atom. The van der Waals surface area contributed by atoms with Crippen LogP contribution in [0.15, 0.2) is 55.1 Å². The van der Waals surface area contributed by atoms with E-state index in [1.807, 2.05) is 6.92 Å². The molecular weight excluding hydrogens is 290 g/mol. The van der Waals surface area contributed by atoms with Crippen LogP contribution in [0.4, 0.5) is 0 Å². The summed E-state index contributed by atoms with van der Waals surface area (Å²) in [4.78, 5) is 11.6. The average Bonchev–Trinajstić information content (AvgIpc) is 2.94. The Morgan fingerprint density at radius 2 is 1.86 bits per heavy atom. The zero-order chi connectivity index (χ0) is 15.5. The van der Waals surface area contributed by atoms with E-state index in [1.54, 1.807) is 11.3 Å². The van der Waals surface area contributed by atoms with E-state index in [2.05, 4.69) is 60.4 Å². The molecule has 0 aliphatic rings. The summed E-state index contributed by atoms with van der Waals surface area (Å²) in [5, 5.41) is 3.93. The van der Waals surface area contributed by atoms with Gasteiger partial charge in [-0.3, -0.25) is 4.79 Å². The van der Waals surface area contributed by atoms with Gasteiger partial charge in [0, 0.05) is 9.58 Å². The lowest BCUT2D eigenvalue weighted by Gasteiger charge is -2.04. The molecule has 3 rings (SSSR count). The zero-order valence-corrected chi connectivity index (χ0v) is 13.2. The van der Waals surface area contributed by atoms with Crippen molar-refractivity contribution in [2.24, 2.45) is 0 Å². The minimum atomic E-state index is 0.589. The fourth-order valence-corrected chi connectivity index (χ4v) is 3.45. The molecule has 1 N–H and O–H groups in total. The van der Waals surface area contributed by atoms with Gasteiger partial charge in [0.15, 0.2) is 0 Å². The maximum absolute atomic E-state index is 10.4. The van der Waals surface area contributed by atoms with E-state index in [0.29, 0.717) is 6.54 Å². The third kappa shape index (κ3) is 2.95. The van der Waals surface area contributed by atoms with Crippen LogP contribution < -0.4 is 5.32 Å². The molecule has 0 aliphatic heterocycles. The first-order valence-electron chi connectivity index (χ1n) is 7.13. The first-order chi connectivity index (χ1) is 10.7. The number of amides is 1. The van der Waals surface area contributed by atoms with Crippen molar-refractivity contribution in [2.45, 2.75) is 13.5 Å². The Kier molecular flexibility index (Phi) is 4.07. The molecule has 0 spiro atoms. The summed E-state index contributed by atoms with van der Waals surface area (Å²) in [6, 6.07) is 17.1. The molecule has 2 aromatic carbocycles. The van der Waals surface area contributed by atoms with Crippen molar-refractivity contribution in [1.82, 2.24) is 5.32 Å². The number of nitrogens with one attached hydrogen (secondary N) is 1. The van der Waals surface area contributed by atoms with E-state index in [9.17, 15) is 4.79 Å². The molecule has 1 aromatic heterocycles. The molecule has 0 unspecified atom stereocenters. The summed E-state index contributed by atoms with van der Waals surface area (Å²) in [5.74, 6) is 0. The monoisotopic (exact) mass is 307 g/mol. The fourth-order valence-electron chi connectivity index (χ4n) is 2.45. The lowest BCUT2D eigenvalue weighted by atomic mass is 10.0. The van der Waals surface area contributed by atoms with Gasteiger partial charge in [-0.15, -0.1) is 11.3 Å². The number of fused-ring (bicyclic) bond motifs is 1. The second-order valence-corrected chi connectivity index (χ2v) is 6.49. The van der Waals surface area contributed by atoms with Crippen molar-refractivity contribution in [3.05, 3.63) is 65.6 Å². The summed E-state index contributed by atoms with van der Waals surface area (Å²) in [6.45, 7) is 6.57. The third-order valence-electron chi connectivity index (χ3n) is 3.64. The number of carbonyl (C=O) groups excluding carboxylic acids is 1. The number of benzene rings is 2. The highest BCUT2D eigenvalue weighted by Crippen LogP contribution is 2.30. The van der Waals surface area contributed by atoms with Crippen LogP contribution in [-0.2, 0) is 11.3 Å². The smallest absolute Gasteiger partial charge is 0.207 e. The molecule has 0 atom stereocenters. The molecule has 1 amide bonds. The van der Waals surface area contributed by atoms with Gasteiger partial charge in [-0.05, 0) is 47.2 Å². The van der Waals surface area contributed by atoms with Crippen molar-refractivity contribution in [1.29, 1.82) is 0 Å².